The van der Waals surface area contributed by atoms with Crippen LogP contribution >= 0.6 is 34.5 Å². The summed E-state index contributed by atoms with van der Waals surface area (Å²) in [5, 5.41) is 2.36. The molecule has 5 heteroatoms. The molecule has 2 nitrogen and oxygen atoms in total. The van der Waals surface area contributed by atoms with E-state index in [0.717, 1.165) is 16.3 Å². The van der Waals surface area contributed by atoms with Gasteiger partial charge in [-0.15, -0.1) is 22.9 Å². The van der Waals surface area contributed by atoms with Crippen LogP contribution in [0.4, 0.5) is 0 Å². The van der Waals surface area contributed by atoms with E-state index in [0.29, 0.717) is 11.4 Å². The predicted molar refractivity (Wildman–Crippen MR) is 67.3 cm³/mol. The SMILES string of the molecule is O=C(Cl)c1ccc(-c2nc(CCl)cs2)cc1. The third-order valence-corrected chi connectivity index (χ3v) is 3.48. The Morgan fingerprint density at radius 2 is 2.00 bits per heavy atom. The molecule has 0 unspecified atom stereocenters. The van der Waals surface area contributed by atoms with Crippen LogP contribution < -0.4 is 0 Å². The monoisotopic (exact) mass is 271 g/mol. The molecular formula is C11H7Cl2NOS. The van der Waals surface area contributed by atoms with Crippen molar-refractivity contribution in [3.63, 3.8) is 0 Å². The maximum atomic E-state index is 10.9. The van der Waals surface area contributed by atoms with Gasteiger partial charge in [0.1, 0.15) is 5.01 Å². The van der Waals surface area contributed by atoms with Gasteiger partial charge in [-0.2, -0.15) is 0 Å². The molecule has 0 aliphatic carbocycles. The molecule has 0 N–H and O–H groups in total. The van der Waals surface area contributed by atoms with Gasteiger partial charge >= 0.3 is 0 Å². The summed E-state index contributed by atoms with van der Waals surface area (Å²) in [5.41, 5.74) is 2.31. The molecule has 2 aromatic rings. The summed E-state index contributed by atoms with van der Waals surface area (Å²) in [6.07, 6.45) is 0. The minimum atomic E-state index is -0.452. The minimum Gasteiger partial charge on any atom is -0.276 e. The van der Waals surface area contributed by atoms with Crippen molar-refractivity contribution < 1.29 is 4.79 Å². The minimum absolute atomic E-state index is 0.411. The van der Waals surface area contributed by atoms with E-state index in [4.69, 9.17) is 23.2 Å². The molecular weight excluding hydrogens is 265 g/mol. The second-order valence-corrected chi connectivity index (χ2v) is 4.60. The second kappa shape index (κ2) is 4.95. The first-order valence-electron chi connectivity index (χ1n) is 4.51. The number of carbonyl (C=O) groups excluding carboxylic acids is 1. The van der Waals surface area contributed by atoms with E-state index in [-0.39, 0.29) is 0 Å². The summed E-state index contributed by atoms with van der Waals surface area (Å²) in [4.78, 5) is 15.2. The van der Waals surface area contributed by atoms with Crippen molar-refractivity contribution in [1.82, 2.24) is 4.98 Å². The smallest absolute Gasteiger partial charge is 0.252 e. The lowest BCUT2D eigenvalue weighted by molar-refractivity contribution is 0.108. The van der Waals surface area contributed by atoms with Crippen LogP contribution in [-0.4, -0.2) is 10.2 Å². The van der Waals surface area contributed by atoms with Crippen molar-refractivity contribution in [2.45, 2.75) is 5.88 Å². The first-order chi connectivity index (χ1) is 7.70. The normalized spacial score (nSPS) is 10.4. The van der Waals surface area contributed by atoms with Crippen molar-refractivity contribution in [2.75, 3.05) is 0 Å². The molecule has 2 rings (SSSR count). The van der Waals surface area contributed by atoms with Gasteiger partial charge in [0.05, 0.1) is 11.6 Å². The third-order valence-electron chi connectivity index (χ3n) is 2.05. The standard InChI is InChI=1S/C11H7Cl2NOS/c12-5-9-6-16-11(14-9)8-3-1-7(2-4-8)10(13)15/h1-4,6H,5H2. The number of benzene rings is 1. The van der Waals surface area contributed by atoms with E-state index in [2.05, 4.69) is 4.98 Å². The van der Waals surface area contributed by atoms with Crippen LogP contribution in [0.2, 0.25) is 0 Å². The fourth-order valence-corrected chi connectivity index (χ4v) is 2.43. The molecule has 1 heterocycles. The number of hydrogen-bond acceptors (Lipinski definition) is 3. The summed E-state index contributed by atoms with van der Waals surface area (Å²) < 4.78 is 0. The number of halogens is 2. The molecule has 0 radical (unpaired) electrons. The highest BCUT2D eigenvalue weighted by molar-refractivity contribution is 7.13. The Labute approximate surface area is 107 Å². The fraction of sp³-hybridized carbons (Fsp3) is 0.0909. The van der Waals surface area contributed by atoms with Gasteiger partial charge in [-0.05, 0) is 23.7 Å². The van der Waals surface area contributed by atoms with Crippen molar-refractivity contribution in [2.24, 2.45) is 0 Å². The van der Waals surface area contributed by atoms with Gasteiger partial charge in [-0.25, -0.2) is 4.98 Å². The van der Waals surface area contributed by atoms with Crippen molar-refractivity contribution in [1.29, 1.82) is 0 Å². The van der Waals surface area contributed by atoms with Crippen molar-refractivity contribution >= 4 is 39.8 Å². The molecule has 82 valence electrons. The Morgan fingerprint density at radius 1 is 1.31 bits per heavy atom. The van der Waals surface area contributed by atoms with Gasteiger partial charge in [-0.3, -0.25) is 4.79 Å². The molecule has 0 spiro atoms. The lowest BCUT2D eigenvalue weighted by atomic mass is 10.1. The molecule has 1 aromatic carbocycles. The second-order valence-electron chi connectivity index (χ2n) is 3.13. The molecule has 0 amide bonds. The van der Waals surface area contributed by atoms with Crippen LogP contribution in [0.5, 0.6) is 0 Å². The maximum absolute atomic E-state index is 10.9. The number of aromatic nitrogens is 1. The van der Waals surface area contributed by atoms with E-state index in [9.17, 15) is 4.79 Å². The first-order valence-corrected chi connectivity index (χ1v) is 6.30. The number of rotatable bonds is 3. The van der Waals surface area contributed by atoms with Crippen molar-refractivity contribution in [3.8, 4) is 10.6 Å². The quantitative estimate of drug-likeness (QED) is 0.626. The van der Waals surface area contributed by atoms with Crippen LogP contribution in [0.25, 0.3) is 10.6 Å². The summed E-state index contributed by atoms with van der Waals surface area (Å²) in [5.74, 6) is 0.411. The Kier molecular flexibility index (Phi) is 3.59. The molecule has 0 aliphatic rings. The zero-order valence-corrected chi connectivity index (χ0v) is 10.4. The molecule has 0 aliphatic heterocycles. The zero-order chi connectivity index (χ0) is 11.5. The Balaban J connectivity index is 2.30. The lowest BCUT2D eigenvalue weighted by Crippen LogP contribution is -1.87. The summed E-state index contributed by atoms with van der Waals surface area (Å²) >= 11 is 12.6. The average Bonchev–Trinajstić information content (AvgIpc) is 2.77. The maximum Gasteiger partial charge on any atom is 0.252 e. The molecule has 0 saturated carbocycles. The topological polar surface area (TPSA) is 30.0 Å². The van der Waals surface area contributed by atoms with Gasteiger partial charge in [0.25, 0.3) is 5.24 Å². The number of carbonyl (C=O) groups is 1. The summed E-state index contributed by atoms with van der Waals surface area (Å²) in [7, 11) is 0. The predicted octanol–water partition coefficient (Wildman–Crippen LogP) is 3.93. The van der Waals surface area contributed by atoms with Crippen LogP contribution in [0.15, 0.2) is 29.6 Å². The summed E-state index contributed by atoms with van der Waals surface area (Å²) in [6, 6.07) is 7.03. The Bertz CT molecular complexity index is 507. The van der Waals surface area contributed by atoms with Gasteiger partial charge in [-0.1, -0.05) is 12.1 Å². The van der Waals surface area contributed by atoms with Gasteiger partial charge < -0.3 is 0 Å². The van der Waals surface area contributed by atoms with Crippen LogP contribution in [0.1, 0.15) is 16.1 Å². The zero-order valence-electron chi connectivity index (χ0n) is 8.11. The van der Waals surface area contributed by atoms with Gasteiger partial charge in [0.15, 0.2) is 0 Å². The largest absolute Gasteiger partial charge is 0.276 e. The average molecular weight is 272 g/mol. The Hall–Kier alpha value is -0.900. The molecule has 0 atom stereocenters. The molecule has 16 heavy (non-hydrogen) atoms. The number of nitrogens with zero attached hydrogens (tertiary/aromatic N) is 1. The van der Waals surface area contributed by atoms with E-state index in [1.807, 2.05) is 17.5 Å². The number of hydrogen-bond donors (Lipinski definition) is 0. The van der Waals surface area contributed by atoms with E-state index < -0.39 is 5.24 Å². The first kappa shape index (κ1) is 11.6. The van der Waals surface area contributed by atoms with E-state index >= 15 is 0 Å². The number of alkyl halides is 1. The molecule has 0 fully saturated rings. The highest BCUT2D eigenvalue weighted by Gasteiger charge is 2.05. The van der Waals surface area contributed by atoms with Crippen LogP contribution in [-0.2, 0) is 5.88 Å². The van der Waals surface area contributed by atoms with Crippen LogP contribution in [0, 0.1) is 0 Å². The highest BCUT2D eigenvalue weighted by Crippen LogP contribution is 2.24. The van der Waals surface area contributed by atoms with E-state index in [1.165, 1.54) is 11.3 Å². The fourth-order valence-electron chi connectivity index (χ4n) is 1.24. The van der Waals surface area contributed by atoms with Gasteiger partial charge in [0, 0.05) is 16.5 Å². The molecule has 1 aromatic heterocycles. The molecule has 0 bridgehead atoms. The number of thiazole rings is 1. The highest BCUT2D eigenvalue weighted by atomic mass is 35.5. The molecule has 0 saturated heterocycles. The van der Waals surface area contributed by atoms with Crippen molar-refractivity contribution in [3.05, 3.63) is 40.9 Å². The van der Waals surface area contributed by atoms with E-state index in [1.54, 1.807) is 12.1 Å². The lowest BCUT2D eigenvalue weighted by Gasteiger charge is -1.97. The summed E-state index contributed by atoms with van der Waals surface area (Å²) in [6.45, 7) is 0. The Morgan fingerprint density at radius 3 is 2.50 bits per heavy atom. The third kappa shape index (κ3) is 2.43. The van der Waals surface area contributed by atoms with Crippen LogP contribution in [0.3, 0.4) is 0 Å². The van der Waals surface area contributed by atoms with Gasteiger partial charge in [0.2, 0.25) is 0 Å².